The minimum atomic E-state index is -0.317. The van der Waals surface area contributed by atoms with Crippen LogP contribution in [0.15, 0.2) is 0 Å². The first kappa shape index (κ1) is 14.0. The van der Waals surface area contributed by atoms with Gasteiger partial charge in [-0.3, -0.25) is 0 Å². The second-order valence-corrected chi connectivity index (χ2v) is 6.27. The molecule has 0 spiro atoms. The highest BCUT2D eigenvalue weighted by molar-refractivity contribution is 14.1. The molecule has 100 valence electrons. The molecule has 0 amide bonds. The summed E-state index contributed by atoms with van der Waals surface area (Å²) in [5.41, 5.74) is 6.74. The quantitative estimate of drug-likeness (QED) is 0.840. The Morgan fingerprint density at radius 3 is 2.39 bits per heavy atom. The Morgan fingerprint density at radius 1 is 1.28 bits per heavy atom. The van der Waals surface area contributed by atoms with Crippen LogP contribution in [-0.4, -0.2) is 17.1 Å². The summed E-state index contributed by atoms with van der Waals surface area (Å²) in [4.78, 5) is 9.21. The molecule has 1 aromatic heterocycles. The predicted octanol–water partition coefficient (Wildman–Crippen LogP) is 3.20. The summed E-state index contributed by atoms with van der Waals surface area (Å²) in [7, 11) is 1.75. The topological polar surface area (TPSA) is 61.0 Å². The van der Waals surface area contributed by atoms with Gasteiger partial charge >= 0.3 is 0 Å². The Bertz CT molecular complexity index is 442. The SMILES string of the molecule is COC1(c2nc(N)c(I)c(C(C)C)n2)CCCC1. The number of hydrogen-bond donors (Lipinski definition) is 1. The molecular formula is C13H20IN3O. The fourth-order valence-electron chi connectivity index (χ4n) is 2.53. The Hall–Kier alpha value is -0.430. The Labute approximate surface area is 122 Å². The molecule has 1 aromatic rings. The molecule has 0 bridgehead atoms. The molecule has 2 rings (SSSR count). The van der Waals surface area contributed by atoms with E-state index in [4.69, 9.17) is 15.5 Å². The number of nitrogens with zero attached hydrogens (tertiary/aromatic N) is 2. The number of rotatable bonds is 3. The van der Waals surface area contributed by atoms with Gasteiger partial charge in [0.15, 0.2) is 5.82 Å². The van der Waals surface area contributed by atoms with Gasteiger partial charge in [0, 0.05) is 7.11 Å². The molecule has 1 saturated carbocycles. The fraction of sp³-hybridized carbons (Fsp3) is 0.692. The number of anilines is 1. The van der Waals surface area contributed by atoms with Gasteiger partial charge in [0.25, 0.3) is 0 Å². The molecule has 1 aliphatic rings. The Kier molecular flexibility index (Phi) is 4.11. The van der Waals surface area contributed by atoms with Crippen molar-refractivity contribution in [1.29, 1.82) is 0 Å². The van der Waals surface area contributed by atoms with Crippen molar-refractivity contribution in [2.75, 3.05) is 12.8 Å². The monoisotopic (exact) mass is 361 g/mol. The Morgan fingerprint density at radius 2 is 1.89 bits per heavy atom. The molecule has 1 heterocycles. The van der Waals surface area contributed by atoms with Crippen LogP contribution in [-0.2, 0) is 10.3 Å². The van der Waals surface area contributed by atoms with Gasteiger partial charge in [0.2, 0.25) is 0 Å². The number of ether oxygens (including phenoxy) is 1. The minimum Gasteiger partial charge on any atom is -0.383 e. The molecule has 1 fully saturated rings. The highest BCUT2D eigenvalue weighted by Crippen LogP contribution is 2.41. The van der Waals surface area contributed by atoms with E-state index in [2.05, 4.69) is 41.4 Å². The van der Waals surface area contributed by atoms with Crippen molar-refractivity contribution in [2.45, 2.75) is 51.0 Å². The third-order valence-electron chi connectivity index (χ3n) is 3.66. The average Bonchev–Trinajstić information content (AvgIpc) is 2.82. The van der Waals surface area contributed by atoms with Crippen LogP contribution >= 0.6 is 22.6 Å². The van der Waals surface area contributed by atoms with E-state index in [9.17, 15) is 0 Å². The number of nitrogen functional groups attached to an aromatic ring is 1. The molecule has 18 heavy (non-hydrogen) atoms. The maximum Gasteiger partial charge on any atom is 0.162 e. The number of nitrogens with two attached hydrogens (primary N) is 1. The summed E-state index contributed by atoms with van der Waals surface area (Å²) < 4.78 is 6.70. The van der Waals surface area contributed by atoms with E-state index in [1.54, 1.807) is 7.11 Å². The number of hydrogen-bond acceptors (Lipinski definition) is 4. The van der Waals surface area contributed by atoms with Crippen LogP contribution in [0.1, 0.15) is 57.0 Å². The van der Waals surface area contributed by atoms with Gasteiger partial charge in [-0.2, -0.15) is 0 Å². The van der Waals surface area contributed by atoms with E-state index in [1.165, 1.54) is 12.8 Å². The van der Waals surface area contributed by atoms with Gasteiger partial charge in [-0.1, -0.05) is 13.8 Å². The maximum atomic E-state index is 6.03. The first-order valence-corrected chi connectivity index (χ1v) is 7.46. The van der Waals surface area contributed by atoms with E-state index in [-0.39, 0.29) is 5.60 Å². The van der Waals surface area contributed by atoms with Crippen LogP contribution in [0.3, 0.4) is 0 Å². The molecule has 0 radical (unpaired) electrons. The molecular weight excluding hydrogens is 341 g/mol. The summed E-state index contributed by atoms with van der Waals surface area (Å²) in [6.45, 7) is 4.25. The first-order valence-electron chi connectivity index (χ1n) is 6.38. The normalized spacial score (nSPS) is 18.5. The van der Waals surface area contributed by atoms with E-state index in [1.807, 2.05) is 0 Å². The van der Waals surface area contributed by atoms with Crippen molar-refractivity contribution >= 4 is 28.4 Å². The van der Waals surface area contributed by atoms with Crippen molar-refractivity contribution in [3.8, 4) is 0 Å². The summed E-state index contributed by atoms with van der Waals surface area (Å²) >= 11 is 2.23. The van der Waals surface area contributed by atoms with Gasteiger partial charge in [-0.15, -0.1) is 0 Å². The molecule has 2 N–H and O–H groups in total. The van der Waals surface area contributed by atoms with Crippen molar-refractivity contribution in [2.24, 2.45) is 0 Å². The van der Waals surface area contributed by atoms with Gasteiger partial charge in [0.05, 0.1) is 9.26 Å². The average molecular weight is 361 g/mol. The lowest BCUT2D eigenvalue weighted by Crippen LogP contribution is -2.29. The molecule has 0 unspecified atom stereocenters. The zero-order chi connectivity index (χ0) is 13.3. The lowest BCUT2D eigenvalue weighted by atomic mass is 10.00. The zero-order valence-corrected chi connectivity index (χ0v) is 13.3. The van der Waals surface area contributed by atoms with Gasteiger partial charge < -0.3 is 10.5 Å². The second kappa shape index (κ2) is 5.28. The third kappa shape index (κ3) is 2.34. The highest BCUT2D eigenvalue weighted by atomic mass is 127. The molecule has 1 aliphatic carbocycles. The lowest BCUT2D eigenvalue weighted by molar-refractivity contribution is -0.0164. The van der Waals surface area contributed by atoms with Gasteiger partial charge in [0.1, 0.15) is 11.4 Å². The fourth-order valence-corrected chi connectivity index (χ4v) is 3.40. The van der Waals surface area contributed by atoms with Crippen LogP contribution in [0, 0.1) is 3.57 Å². The predicted molar refractivity (Wildman–Crippen MR) is 80.4 cm³/mol. The molecule has 0 atom stereocenters. The van der Waals surface area contributed by atoms with Gasteiger partial charge in [-0.05, 0) is 54.2 Å². The lowest BCUT2D eigenvalue weighted by Gasteiger charge is -2.27. The van der Waals surface area contributed by atoms with E-state index < -0.39 is 0 Å². The van der Waals surface area contributed by atoms with Crippen molar-refractivity contribution in [1.82, 2.24) is 9.97 Å². The second-order valence-electron chi connectivity index (χ2n) is 5.19. The largest absolute Gasteiger partial charge is 0.383 e. The van der Waals surface area contributed by atoms with E-state index >= 15 is 0 Å². The van der Waals surface area contributed by atoms with Crippen LogP contribution in [0.5, 0.6) is 0 Å². The zero-order valence-electron chi connectivity index (χ0n) is 11.2. The van der Waals surface area contributed by atoms with E-state index in [0.717, 1.165) is 27.9 Å². The summed E-state index contributed by atoms with van der Waals surface area (Å²) in [5.74, 6) is 1.69. The van der Waals surface area contributed by atoms with E-state index in [0.29, 0.717) is 11.7 Å². The smallest absolute Gasteiger partial charge is 0.162 e. The van der Waals surface area contributed by atoms with Crippen LogP contribution in [0.4, 0.5) is 5.82 Å². The van der Waals surface area contributed by atoms with Crippen molar-refractivity contribution in [3.05, 3.63) is 15.1 Å². The van der Waals surface area contributed by atoms with Crippen molar-refractivity contribution in [3.63, 3.8) is 0 Å². The summed E-state index contributed by atoms with van der Waals surface area (Å²) in [5, 5.41) is 0. The van der Waals surface area contributed by atoms with Crippen LogP contribution < -0.4 is 5.73 Å². The number of aromatic nitrogens is 2. The Balaban J connectivity index is 2.51. The van der Waals surface area contributed by atoms with Gasteiger partial charge in [-0.25, -0.2) is 9.97 Å². The third-order valence-corrected chi connectivity index (χ3v) is 4.76. The molecule has 0 aliphatic heterocycles. The standard InChI is InChI=1S/C13H20IN3O/c1-8(2)10-9(14)11(15)17-12(16-10)13(18-3)6-4-5-7-13/h8H,4-7H2,1-3H3,(H2,15,16,17). The molecule has 4 nitrogen and oxygen atoms in total. The molecule has 0 saturated heterocycles. The minimum absolute atomic E-state index is 0.317. The van der Waals surface area contributed by atoms with Crippen molar-refractivity contribution < 1.29 is 4.74 Å². The molecule has 5 heteroatoms. The summed E-state index contributed by atoms with van der Waals surface area (Å²) in [6, 6.07) is 0. The molecule has 0 aromatic carbocycles. The van der Waals surface area contributed by atoms with Crippen LogP contribution in [0.2, 0.25) is 0 Å². The maximum absolute atomic E-state index is 6.03. The first-order chi connectivity index (χ1) is 8.50. The number of methoxy groups -OCH3 is 1. The highest BCUT2D eigenvalue weighted by Gasteiger charge is 2.39. The van der Waals surface area contributed by atoms with Crippen LogP contribution in [0.25, 0.3) is 0 Å². The summed E-state index contributed by atoms with van der Waals surface area (Å²) in [6.07, 6.45) is 4.31. The number of halogens is 1.